The van der Waals surface area contributed by atoms with E-state index in [9.17, 15) is 31.0 Å². The van der Waals surface area contributed by atoms with E-state index in [2.05, 4.69) is 5.10 Å². The first-order valence-electron chi connectivity index (χ1n) is 6.96. The summed E-state index contributed by atoms with van der Waals surface area (Å²) in [5.41, 5.74) is -1.89. The van der Waals surface area contributed by atoms with Gasteiger partial charge >= 0.3 is 5.97 Å². The highest BCUT2D eigenvalue weighted by Gasteiger charge is 2.25. The third-order valence-corrected chi connectivity index (χ3v) is 5.10. The molecule has 1 aromatic carbocycles. The summed E-state index contributed by atoms with van der Waals surface area (Å²) >= 11 is 0. The number of rotatable bonds is 5. The number of hydrogen-bond donors (Lipinski definition) is 3. The molecule has 2 aromatic rings. The van der Waals surface area contributed by atoms with Gasteiger partial charge in [-0.15, -0.1) is 0 Å². The van der Waals surface area contributed by atoms with Crippen molar-refractivity contribution in [1.82, 2.24) is 9.78 Å². The second kappa shape index (κ2) is 6.68. The minimum Gasteiger partial charge on any atom is -0.461 e. The maximum Gasteiger partial charge on any atom is 0.356 e. The van der Waals surface area contributed by atoms with Gasteiger partial charge in [0.2, 0.25) is 0 Å². The quantitative estimate of drug-likeness (QED) is 0.461. The molecule has 3 N–H and O–H groups in total. The SMILES string of the molecule is CCOC(=O)c1[nH]n(-c2cc(S(=O)(=O)O)ccc2S(=O)(=O)O)c(=O)c1C. The monoisotopic (exact) mass is 406 g/mol. The summed E-state index contributed by atoms with van der Waals surface area (Å²) in [4.78, 5) is 22.7. The normalized spacial score (nSPS) is 12.2. The van der Waals surface area contributed by atoms with Gasteiger partial charge in [0, 0.05) is 5.56 Å². The van der Waals surface area contributed by atoms with Crippen LogP contribution in [0.3, 0.4) is 0 Å². The van der Waals surface area contributed by atoms with Gasteiger partial charge in [-0.3, -0.25) is 19.0 Å². The van der Waals surface area contributed by atoms with Gasteiger partial charge < -0.3 is 4.74 Å². The molecule has 0 aliphatic rings. The molecule has 142 valence electrons. The standard InChI is InChI=1S/C13H14N2O9S2/c1-3-24-13(17)11-7(2)12(16)15(14-11)9-6-8(25(18,19)20)4-5-10(9)26(21,22)23/h4-6,14H,3H2,1-2H3,(H,18,19,20)(H,21,22,23). The highest BCUT2D eigenvalue weighted by Crippen LogP contribution is 2.23. The number of hydrogen-bond acceptors (Lipinski definition) is 7. The zero-order valence-corrected chi connectivity index (χ0v) is 15.1. The Hall–Kier alpha value is -2.48. The highest BCUT2D eigenvalue weighted by molar-refractivity contribution is 7.86. The van der Waals surface area contributed by atoms with Crippen molar-refractivity contribution in [2.24, 2.45) is 0 Å². The summed E-state index contributed by atoms with van der Waals surface area (Å²) in [5, 5.41) is 2.32. The molecule has 0 aliphatic carbocycles. The molecule has 0 saturated heterocycles. The molecule has 1 heterocycles. The second-order valence-corrected chi connectivity index (χ2v) is 7.86. The summed E-state index contributed by atoms with van der Waals surface area (Å²) in [6, 6.07) is 2.08. The fourth-order valence-electron chi connectivity index (χ4n) is 2.14. The van der Waals surface area contributed by atoms with Gasteiger partial charge in [0.15, 0.2) is 0 Å². The van der Waals surface area contributed by atoms with Crippen LogP contribution in [0.4, 0.5) is 0 Å². The van der Waals surface area contributed by atoms with Gasteiger partial charge in [0.05, 0.1) is 17.2 Å². The van der Waals surface area contributed by atoms with E-state index in [0.717, 1.165) is 6.07 Å². The van der Waals surface area contributed by atoms with E-state index in [1.54, 1.807) is 0 Å². The maximum absolute atomic E-state index is 12.4. The maximum atomic E-state index is 12.4. The third-order valence-electron chi connectivity index (χ3n) is 3.35. The Bertz CT molecular complexity index is 1140. The van der Waals surface area contributed by atoms with Crippen molar-refractivity contribution in [2.45, 2.75) is 23.6 Å². The predicted octanol–water partition coefficient (Wildman–Crippen LogP) is 0.144. The molecule has 1 aromatic heterocycles. The van der Waals surface area contributed by atoms with E-state index in [1.807, 2.05) is 0 Å². The van der Waals surface area contributed by atoms with Crippen molar-refractivity contribution in [2.75, 3.05) is 6.61 Å². The number of esters is 1. The Morgan fingerprint density at radius 1 is 1.19 bits per heavy atom. The molecule has 0 atom stereocenters. The molecular weight excluding hydrogens is 392 g/mol. The van der Waals surface area contributed by atoms with Gasteiger partial charge in [-0.05, 0) is 32.0 Å². The molecular formula is C13H14N2O9S2. The average molecular weight is 406 g/mol. The number of aromatic nitrogens is 2. The summed E-state index contributed by atoms with van der Waals surface area (Å²) in [6.45, 7) is 2.82. The molecule has 0 radical (unpaired) electrons. The minimum absolute atomic E-state index is 0.0139. The Balaban J connectivity index is 2.85. The molecule has 0 bridgehead atoms. The van der Waals surface area contributed by atoms with Crippen LogP contribution < -0.4 is 5.56 Å². The summed E-state index contributed by atoms with van der Waals surface area (Å²) in [6.07, 6.45) is 0. The van der Waals surface area contributed by atoms with Crippen molar-refractivity contribution >= 4 is 26.2 Å². The van der Waals surface area contributed by atoms with Crippen LogP contribution in [-0.2, 0) is 25.0 Å². The Morgan fingerprint density at radius 2 is 1.81 bits per heavy atom. The lowest BCUT2D eigenvalue weighted by atomic mass is 10.3. The number of benzene rings is 1. The first kappa shape index (κ1) is 19.8. The number of nitrogens with one attached hydrogen (secondary N) is 1. The zero-order valence-electron chi connectivity index (χ0n) is 13.5. The van der Waals surface area contributed by atoms with Gasteiger partial charge in [0.1, 0.15) is 10.6 Å². The number of H-pyrrole nitrogens is 1. The van der Waals surface area contributed by atoms with Gasteiger partial charge in [-0.2, -0.15) is 16.8 Å². The first-order chi connectivity index (χ1) is 11.9. The van der Waals surface area contributed by atoms with Crippen LogP contribution in [0.5, 0.6) is 0 Å². The molecule has 2 rings (SSSR count). The molecule has 0 saturated carbocycles. The van der Waals surface area contributed by atoms with Crippen molar-refractivity contribution in [3.8, 4) is 5.69 Å². The van der Waals surface area contributed by atoms with E-state index in [-0.39, 0.29) is 17.9 Å². The molecule has 0 aliphatic heterocycles. The van der Waals surface area contributed by atoms with Crippen LogP contribution in [0.25, 0.3) is 5.69 Å². The molecule has 0 unspecified atom stereocenters. The smallest absolute Gasteiger partial charge is 0.356 e. The van der Waals surface area contributed by atoms with Crippen LogP contribution in [0.2, 0.25) is 0 Å². The van der Waals surface area contributed by atoms with Gasteiger partial charge in [-0.1, -0.05) is 0 Å². The van der Waals surface area contributed by atoms with E-state index in [4.69, 9.17) is 9.29 Å². The molecule has 11 nitrogen and oxygen atoms in total. The van der Waals surface area contributed by atoms with Crippen LogP contribution >= 0.6 is 0 Å². The summed E-state index contributed by atoms with van der Waals surface area (Å²) < 4.78 is 69.5. The number of nitrogens with zero attached hydrogens (tertiary/aromatic N) is 1. The van der Waals surface area contributed by atoms with Crippen molar-refractivity contribution in [3.05, 3.63) is 39.8 Å². The molecule has 26 heavy (non-hydrogen) atoms. The highest BCUT2D eigenvalue weighted by atomic mass is 32.2. The van der Waals surface area contributed by atoms with Crippen LogP contribution in [0, 0.1) is 6.92 Å². The number of carbonyl (C=O) groups is 1. The van der Waals surface area contributed by atoms with Crippen LogP contribution in [0.1, 0.15) is 23.0 Å². The first-order valence-corrected chi connectivity index (χ1v) is 9.84. The number of ether oxygens (including phenoxy) is 1. The van der Waals surface area contributed by atoms with Crippen molar-refractivity contribution < 1.29 is 35.5 Å². The van der Waals surface area contributed by atoms with Gasteiger partial charge in [0.25, 0.3) is 25.8 Å². The molecule has 0 amide bonds. The largest absolute Gasteiger partial charge is 0.461 e. The lowest BCUT2D eigenvalue weighted by Crippen LogP contribution is -2.19. The predicted molar refractivity (Wildman–Crippen MR) is 86.7 cm³/mol. The summed E-state index contributed by atoms with van der Waals surface area (Å²) in [7, 11) is -9.60. The molecule has 0 fully saturated rings. The van der Waals surface area contributed by atoms with E-state index < -0.39 is 47.2 Å². The van der Waals surface area contributed by atoms with E-state index in [0.29, 0.717) is 16.8 Å². The van der Waals surface area contributed by atoms with Gasteiger partial charge in [-0.25, -0.2) is 9.48 Å². The fraction of sp³-hybridized carbons (Fsp3) is 0.231. The summed E-state index contributed by atoms with van der Waals surface area (Å²) in [5.74, 6) is -0.889. The lowest BCUT2D eigenvalue weighted by Gasteiger charge is -2.09. The van der Waals surface area contributed by atoms with E-state index >= 15 is 0 Å². The van der Waals surface area contributed by atoms with Crippen molar-refractivity contribution in [1.29, 1.82) is 0 Å². The topological polar surface area (TPSA) is 173 Å². The Labute approximate surface area is 147 Å². The number of carbonyl (C=O) groups excluding carboxylic acids is 1. The van der Waals surface area contributed by atoms with Crippen molar-refractivity contribution in [3.63, 3.8) is 0 Å². The number of aromatic amines is 1. The molecule has 0 spiro atoms. The van der Waals surface area contributed by atoms with E-state index in [1.165, 1.54) is 13.8 Å². The lowest BCUT2D eigenvalue weighted by molar-refractivity contribution is 0.0518. The minimum atomic E-state index is -4.87. The Morgan fingerprint density at radius 3 is 2.31 bits per heavy atom. The average Bonchev–Trinajstić information content (AvgIpc) is 2.81. The van der Waals surface area contributed by atoms with Crippen LogP contribution in [-0.4, -0.2) is 48.3 Å². The third kappa shape index (κ3) is 3.70. The zero-order chi connectivity index (χ0) is 19.9. The Kier molecular flexibility index (Phi) is 5.10. The second-order valence-electron chi connectivity index (χ2n) is 5.05. The fourth-order valence-corrected chi connectivity index (χ4v) is 3.30. The van der Waals surface area contributed by atoms with Crippen LogP contribution in [0.15, 0.2) is 32.8 Å². The molecule has 13 heteroatoms.